The summed E-state index contributed by atoms with van der Waals surface area (Å²) in [6.07, 6.45) is 3.02. The van der Waals surface area contributed by atoms with Crippen molar-refractivity contribution < 1.29 is 51.1 Å². The minimum Gasteiger partial charge on any atom is -0.490 e. The monoisotopic (exact) mass is 583 g/mol. The molecule has 4 rings (SSSR count). The van der Waals surface area contributed by atoms with Crippen molar-refractivity contribution >= 4 is 43.4 Å². The predicted octanol–water partition coefficient (Wildman–Crippen LogP) is 1.62. The summed E-state index contributed by atoms with van der Waals surface area (Å²) in [5.74, 6) is 0.695. The van der Waals surface area contributed by atoms with Crippen LogP contribution in [0.3, 0.4) is 0 Å². The van der Waals surface area contributed by atoms with Crippen LogP contribution in [0.25, 0.3) is 4.13 Å². The smallest absolute Gasteiger partial charge is 0.490 e. The van der Waals surface area contributed by atoms with Crippen molar-refractivity contribution in [1.82, 2.24) is 9.21 Å². The van der Waals surface area contributed by atoms with E-state index in [1.54, 1.807) is 30.3 Å². The first-order valence-corrected chi connectivity index (χ1v) is 15.0. The van der Waals surface area contributed by atoms with Crippen LogP contribution in [0, 0.1) is 6.92 Å². The Morgan fingerprint density at radius 1 is 0.861 bits per heavy atom. The molecule has 0 unspecified atom stereocenters. The average molecular weight is 585 g/mol. The Morgan fingerprint density at radius 3 is 2.06 bits per heavy atom. The zero-order chi connectivity index (χ0) is 25.2. The van der Waals surface area contributed by atoms with Gasteiger partial charge in [-0.3, -0.25) is 0 Å². The van der Waals surface area contributed by atoms with Gasteiger partial charge in [0.25, 0.3) is 0 Å². The maximum absolute atomic E-state index is 12.7. The fourth-order valence-electron chi connectivity index (χ4n) is 4.46. The van der Waals surface area contributed by atoms with Gasteiger partial charge in [-0.25, -0.2) is 21.1 Å². The van der Waals surface area contributed by atoms with Crippen molar-refractivity contribution in [1.29, 1.82) is 0 Å². The summed E-state index contributed by atoms with van der Waals surface area (Å²) in [5.41, 5.74) is 0.874. The molecular weight excluding hydrogens is 556 g/mol. The average Bonchev–Trinajstić information content (AvgIpc) is 2.82. The second kappa shape index (κ2) is 12.6. The van der Waals surface area contributed by atoms with Gasteiger partial charge < -0.3 is 13.8 Å². The fourth-order valence-corrected chi connectivity index (χ4v) is 7.62. The molecule has 36 heavy (non-hydrogen) atoms. The predicted molar refractivity (Wildman–Crippen MR) is 137 cm³/mol. The van der Waals surface area contributed by atoms with Crippen LogP contribution in [0.1, 0.15) is 31.2 Å². The molecular formula is C23H28Cl2N3NaO5S2. The molecule has 0 aromatic heterocycles. The summed E-state index contributed by atoms with van der Waals surface area (Å²) in [4.78, 5) is 2.23. The maximum Gasteiger partial charge on any atom is 1.00 e. The molecule has 0 atom stereocenters. The van der Waals surface area contributed by atoms with Crippen molar-refractivity contribution in [2.24, 2.45) is 0 Å². The van der Waals surface area contributed by atoms with E-state index in [9.17, 15) is 16.8 Å². The fraction of sp³-hybridized carbons (Fsp3) is 0.478. The molecule has 2 saturated heterocycles. The number of likely N-dealkylation sites (tertiary alicyclic amines) is 1. The zero-order valence-electron chi connectivity index (χ0n) is 20.3. The molecule has 2 aliphatic rings. The number of nitrogens with zero attached hydrogens (tertiary/aromatic N) is 3. The topological polar surface area (TPSA) is 98.1 Å². The first-order chi connectivity index (χ1) is 16.5. The Bertz CT molecular complexity index is 1250. The number of benzene rings is 2. The van der Waals surface area contributed by atoms with E-state index in [0.29, 0.717) is 28.6 Å². The number of halogens is 2. The van der Waals surface area contributed by atoms with Gasteiger partial charge in [-0.1, -0.05) is 40.9 Å². The summed E-state index contributed by atoms with van der Waals surface area (Å²) < 4.78 is 60.9. The molecule has 13 heteroatoms. The number of piperidine rings is 2. The minimum atomic E-state index is -4.30. The molecule has 2 aromatic rings. The van der Waals surface area contributed by atoms with Gasteiger partial charge in [-0.2, -0.15) is 0 Å². The van der Waals surface area contributed by atoms with E-state index in [4.69, 9.17) is 27.9 Å². The molecule has 0 spiro atoms. The Morgan fingerprint density at radius 2 is 1.47 bits per heavy atom. The van der Waals surface area contributed by atoms with Crippen LogP contribution >= 0.6 is 23.2 Å². The van der Waals surface area contributed by atoms with Gasteiger partial charge in [0, 0.05) is 43.2 Å². The van der Waals surface area contributed by atoms with E-state index < -0.39 is 20.2 Å². The van der Waals surface area contributed by atoms with E-state index in [0.717, 1.165) is 35.8 Å². The molecule has 0 aliphatic carbocycles. The molecule has 0 saturated carbocycles. The first kappa shape index (κ1) is 30.1. The molecule has 192 valence electrons. The molecule has 0 N–H and O–H groups in total. The number of hydrogen-bond donors (Lipinski definition) is 0. The van der Waals surface area contributed by atoms with Crippen LogP contribution in [0.2, 0.25) is 10.0 Å². The van der Waals surface area contributed by atoms with Gasteiger partial charge in [0.2, 0.25) is 0 Å². The number of rotatable bonds is 7. The van der Waals surface area contributed by atoms with E-state index in [1.165, 1.54) is 12.1 Å². The summed E-state index contributed by atoms with van der Waals surface area (Å²) in [7, 11) is -8.59. The SMILES string of the molecule is Cc1ccc(S(=O)(=O)[N-]S(=O)(=O)N2CCC(N3CCC(Oc4ccc(Cl)c(Cl)c4)CC3)CC2)cc1.[Na+]. The zero-order valence-corrected chi connectivity index (χ0v) is 25.5. The van der Waals surface area contributed by atoms with Crippen LogP contribution in [0.15, 0.2) is 47.4 Å². The molecule has 2 aromatic carbocycles. The number of sulfonamides is 1. The second-order valence-corrected chi connectivity index (χ2v) is 13.1. The van der Waals surface area contributed by atoms with Crippen LogP contribution in [-0.4, -0.2) is 64.4 Å². The Hall–Kier alpha value is -0.400. The normalized spacial score (nSPS) is 19.1. The third-order valence-electron chi connectivity index (χ3n) is 6.45. The summed E-state index contributed by atoms with van der Waals surface area (Å²) in [6.45, 7) is 3.98. The Balaban J connectivity index is 0.00000361. The maximum atomic E-state index is 12.7. The van der Waals surface area contributed by atoms with Crippen LogP contribution in [-0.2, 0) is 20.2 Å². The van der Waals surface area contributed by atoms with E-state index in [1.807, 2.05) is 6.92 Å². The van der Waals surface area contributed by atoms with Gasteiger partial charge >= 0.3 is 29.6 Å². The molecule has 2 aliphatic heterocycles. The standard InChI is InChI=1S/C23H28Cl2N3O5S2.Na/c1-17-2-5-21(6-3-17)34(29,30)26-35(31,32)28-14-8-18(9-15-28)27-12-10-19(11-13-27)33-20-4-7-22(24)23(25)16-20;/h2-7,16,18-19H,8-15H2,1H3;/q-1;+1. The molecule has 2 heterocycles. The van der Waals surface area contributed by atoms with Gasteiger partial charge in [0.05, 0.1) is 10.0 Å². The summed E-state index contributed by atoms with van der Waals surface area (Å²) in [5, 5.41) is 0.949. The van der Waals surface area contributed by atoms with Gasteiger partial charge in [-0.15, -0.1) is 0 Å². The Kier molecular flexibility index (Phi) is 10.6. The number of hydrogen-bond acceptors (Lipinski definition) is 6. The molecule has 0 radical (unpaired) electrons. The number of aryl methyl sites for hydroxylation is 1. The number of ether oxygens (including phenoxy) is 1. The van der Waals surface area contributed by atoms with E-state index in [2.05, 4.69) is 9.03 Å². The summed E-state index contributed by atoms with van der Waals surface area (Å²) >= 11 is 12.0. The van der Waals surface area contributed by atoms with Crippen molar-refractivity contribution in [3.05, 3.63) is 62.2 Å². The first-order valence-electron chi connectivity index (χ1n) is 11.5. The Labute approximate surface area is 245 Å². The minimum absolute atomic E-state index is 0. The van der Waals surface area contributed by atoms with E-state index in [-0.39, 0.29) is 59.7 Å². The van der Waals surface area contributed by atoms with Crippen molar-refractivity contribution in [3.63, 3.8) is 0 Å². The van der Waals surface area contributed by atoms with Gasteiger partial charge in [0.15, 0.2) is 0 Å². The molecule has 2 fully saturated rings. The quantitative estimate of drug-likeness (QED) is 0.459. The van der Waals surface area contributed by atoms with Crippen molar-refractivity contribution in [2.75, 3.05) is 26.2 Å². The summed E-state index contributed by atoms with van der Waals surface area (Å²) in [6, 6.07) is 11.4. The molecule has 8 nitrogen and oxygen atoms in total. The van der Waals surface area contributed by atoms with Crippen LogP contribution in [0.4, 0.5) is 0 Å². The third-order valence-corrected chi connectivity index (χ3v) is 10.6. The van der Waals surface area contributed by atoms with Crippen LogP contribution < -0.4 is 34.3 Å². The van der Waals surface area contributed by atoms with Crippen molar-refractivity contribution in [2.45, 2.75) is 49.6 Å². The van der Waals surface area contributed by atoms with Gasteiger partial charge in [0.1, 0.15) is 32.1 Å². The molecule has 0 amide bonds. The van der Waals surface area contributed by atoms with Crippen molar-refractivity contribution in [3.8, 4) is 5.75 Å². The van der Waals surface area contributed by atoms with Gasteiger partial charge in [-0.05, 0) is 56.9 Å². The van der Waals surface area contributed by atoms with E-state index >= 15 is 0 Å². The second-order valence-electron chi connectivity index (χ2n) is 8.90. The van der Waals surface area contributed by atoms with Crippen LogP contribution in [0.5, 0.6) is 5.75 Å². The third kappa shape index (κ3) is 7.59. The largest absolute Gasteiger partial charge is 1.00 e. The molecule has 0 bridgehead atoms.